The van der Waals surface area contributed by atoms with E-state index in [-0.39, 0.29) is 30.3 Å². The van der Waals surface area contributed by atoms with Crippen LogP contribution in [0.15, 0.2) is 41.2 Å². The van der Waals surface area contributed by atoms with Gasteiger partial charge in [0.05, 0.1) is 12.5 Å². The normalized spacial score (nSPS) is 11.6. The van der Waals surface area contributed by atoms with Crippen LogP contribution in [-0.4, -0.2) is 16.8 Å². The second kappa shape index (κ2) is 8.28. The van der Waals surface area contributed by atoms with Gasteiger partial charge in [-0.15, -0.1) is 0 Å². The summed E-state index contributed by atoms with van der Waals surface area (Å²) >= 11 is 0. The van der Waals surface area contributed by atoms with E-state index in [4.69, 9.17) is 0 Å². The van der Waals surface area contributed by atoms with E-state index in [9.17, 15) is 14.4 Å². The molecule has 3 N–H and O–H groups in total. The number of aromatic amines is 1. The van der Waals surface area contributed by atoms with E-state index in [0.29, 0.717) is 5.56 Å². The quantitative estimate of drug-likeness (QED) is 0.749. The molecule has 0 unspecified atom stereocenters. The largest absolute Gasteiger partial charge is 0.352 e. The maximum absolute atomic E-state index is 12.3. The van der Waals surface area contributed by atoms with E-state index in [2.05, 4.69) is 15.6 Å². The summed E-state index contributed by atoms with van der Waals surface area (Å²) in [7, 11) is 0. The minimum Gasteiger partial charge on any atom is -0.352 e. The highest BCUT2D eigenvalue weighted by molar-refractivity contribution is 5.79. The first-order chi connectivity index (χ1) is 11.9. The lowest BCUT2D eigenvalue weighted by molar-refractivity contribution is -0.122. The van der Waals surface area contributed by atoms with Gasteiger partial charge in [-0.1, -0.05) is 30.3 Å². The molecule has 1 aromatic carbocycles. The van der Waals surface area contributed by atoms with Gasteiger partial charge in [-0.2, -0.15) is 0 Å². The number of rotatable bonds is 6. The van der Waals surface area contributed by atoms with Gasteiger partial charge in [-0.3, -0.25) is 14.4 Å². The molecule has 0 radical (unpaired) electrons. The Balaban J connectivity index is 2.05. The number of carbonyl (C=O) groups excluding carboxylic acids is 2. The van der Waals surface area contributed by atoms with E-state index >= 15 is 0 Å². The zero-order chi connectivity index (χ0) is 18.4. The predicted octanol–water partition coefficient (Wildman–Crippen LogP) is 1.88. The zero-order valence-electron chi connectivity index (χ0n) is 14.7. The fourth-order valence-electron chi connectivity index (χ4n) is 2.73. The Bertz CT molecular complexity index is 812. The van der Waals surface area contributed by atoms with Crippen molar-refractivity contribution in [3.8, 4) is 0 Å². The van der Waals surface area contributed by atoms with Gasteiger partial charge in [0.1, 0.15) is 0 Å². The van der Waals surface area contributed by atoms with Gasteiger partial charge in [0, 0.05) is 24.7 Å². The summed E-state index contributed by atoms with van der Waals surface area (Å²) in [6.07, 6.45) is 0.104. The maximum Gasteiger partial charge on any atom is 0.253 e. The van der Waals surface area contributed by atoms with Gasteiger partial charge in [0.25, 0.3) is 5.56 Å². The van der Waals surface area contributed by atoms with E-state index in [0.717, 1.165) is 16.8 Å². The molecule has 0 spiro atoms. The predicted molar refractivity (Wildman–Crippen MR) is 96.0 cm³/mol. The van der Waals surface area contributed by atoms with Crippen LogP contribution in [0, 0.1) is 13.8 Å². The lowest BCUT2D eigenvalue weighted by atomic mass is 10.0. The molecule has 0 fully saturated rings. The van der Waals surface area contributed by atoms with Crippen LogP contribution in [0.3, 0.4) is 0 Å². The number of carbonyl (C=O) groups is 2. The number of amides is 2. The van der Waals surface area contributed by atoms with Gasteiger partial charge in [-0.25, -0.2) is 0 Å². The summed E-state index contributed by atoms with van der Waals surface area (Å²) in [4.78, 5) is 38.4. The molecule has 0 aliphatic rings. The average molecular weight is 341 g/mol. The first kappa shape index (κ1) is 18.4. The summed E-state index contributed by atoms with van der Waals surface area (Å²) in [5.41, 5.74) is 2.82. The van der Waals surface area contributed by atoms with Crippen molar-refractivity contribution in [2.24, 2.45) is 0 Å². The first-order valence-corrected chi connectivity index (χ1v) is 8.15. The molecular weight excluding hydrogens is 318 g/mol. The molecule has 25 heavy (non-hydrogen) atoms. The van der Waals surface area contributed by atoms with Crippen LogP contribution in [0.25, 0.3) is 0 Å². The number of hydrogen-bond acceptors (Lipinski definition) is 3. The summed E-state index contributed by atoms with van der Waals surface area (Å²) < 4.78 is 0. The number of benzene rings is 1. The molecule has 0 aliphatic carbocycles. The monoisotopic (exact) mass is 341 g/mol. The molecule has 0 aliphatic heterocycles. The van der Waals surface area contributed by atoms with Crippen LogP contribution in [-0.2, 0) is 16.1 Å². The van der Waals surface area contributed by atoms with Crippen molar-refractivity contribution >= 4 is 11.8 Å². The molecule has 6 heteroatoms. The van der Waals surface area contributed by atoms with E-state index in [1.165, 1.54) is 6.92 Å². The molecular formula is C19H23N3O3. The first-order valence-electron chi connectivity index (χ1n) is 8.15. The Morgan fingerprint density at radius 1 is 1.16 bits per heavy atom. The molecule has 0 bridgehead atoms. The van der Waals surface area contributed by atoms with Crippen molar-refractivity contribution in [1.82, 2.24) is 15.6 Å². The van der Waals surface area contributed by atoms with E-state index in [1.54, 1.807) is 0 Å². The van der Waals surface area contributed by atoms with Crippen LogP contribution < -0.4 is 16.2 Å². The Morgan fingerprint density at radius 3 is 2.44 bits per heavy atom. The second-order valence-corrected chi connectivity index (χ2v) is 6.09. The molecule has 6 nitrogen and oxygen atoms in total. The summed E-state index contributed by atoms with van der Waals surface area (Å²) in [6.45, 7) is 5.23. The molecule has 0 saturated heterocycles. The van der Waals surface area contributed by atoms with Gasteiger partial charge in [0.15, 0.2) is 0 Å². The smallest absolute Gasteiger partial charge is 0.253 e. The van der Waals surface area contributed by atoms with Crippen molar-refractivity contribution in [2.75, 3.05) is 0 Å². The third-order valence-corrected chi connectivity index (χ3v) is 3.93. The van der Waals surface area contributed by atoms with Crippen LogP contribution in [0.2, 0.25) is 0 Å². The van der Waals surface area contributed by atoms with Crippen LogP contribution in [0.5, 0.6) is 0 Å². The van der Waals surface area contributed by atoms with Crippen molar-refractivity contribution in [3.05, 3.63) is 69.1 Å². The van der Waals surface area contributed by atoms with Crippen LogP contribution in [0.4, 0.5) is 0 Å². The highest BCUT2D eigenvalue weighted by Crippen LogP contribution is 2.16. The lowest BCUT2D eigenvalue weighted by Gasteiger charge is -2.18. The highest BCUT2D eigenvalue weighted by Gasteiger charge is 2.17. The second-order valence-electron chi connectivity index (χ2n) is 6.09. The average Bonchev–Trinajstić information content (AvgIpc) is 2.53. The number of H-pyrrole nitrogens is 1. The Morgan fingerprint density at radius 2 is 1.84 bits per heavy atom. The standard InChI is InChI=1S/C19H23N3O3/c1-12-9-13(2)21-19(25)16(12)11-20-18(24)10-17(22-14(3)23)15-7-5-4-6-8-15/h4-9,17H,10-11H2,1-3H3,(H,20,24)(H,21,25)(H,22,23)/t17-/m1/s1. The minimum atomic E-state index is -0.406. The molecule has 2 aromatic rings. The van der Waals surface area contributed by atoms with Crippen molar-refractivity contribution in [1.29, 1.82) is 0 Å². The van der Waals surface area contributed by atoms with E-state index < -0.39 is 6.04 Å². The number of hydrogen-bond donors (Lipinski definition) is 3. The number of nitrogens with one attached hydrogen (secondary N) is 3. The van der Waals surface area contributed by atoms with Gasteiger partial charge >= 0.3 is 0 Å². The van der Waals surface area contributed by atoms with Crippen molar-refractivity contribution in [2.45, 2.75) is 39.8 Å². The molecule has 1 atom stereocenters. The Hall–Kier alpha value is -2.89. The zero-order valence-corrected chi connectivity index (χ0v) is 14.7. The summed E-state index contributed by atoms with van der Waals surface area (Å²) in [5, 5.41) is 5.55. The molecule has 132 valence electrons. The summed E-state index contributed by atoms with van der Waals surface area (Å²) in [6, 6.07) is 10.8. The van der Waals surface area contributed by atoms with Crippen LogP contribution >= 0.6 is 0 Å². The fourth-order valence-corrected chi connectivity index (χ4v) is 2.73. The topological polar surface area (TPSA) is 91.1 Å². The van der Waals surface area contributed by atoms with Crippen molar-refractivity contribution < 1.29 is 9.59 Å². The molecule has 1 heterocycles. The van der Waals surface area contributed by atoms with Crippen molar-refractivity contribution in [3.63, 3.8) is 0 Å². The molecule has 2 rings (SSSR count). The third-order valence-electron chi connectivity index (χ3n) is 3.93. The highest BCUT2D eigenvalue weighted by atomic mass is 16.2. The van der Waals surface area contributed by atoms with Gasteiger partial charge in [0.2, 0.25) is 11.8 Å². The molecule has 2 amide bonds. The third kappa shape index (κ3) is 5.31. The molecule has 1 aromatic heterocycles. The molecule has 0 saturated carbocycles. The van der Waals surface area contributed by atoms with Gasteiger partial charge < -0.3 is 15.6 Å². The fraction of sp³-hybridized carbons (Fsp3) is 0.316. The number of aromatic nitrogens is 1. The number of aryl methyl sites for hydroxylation is 2. The SMILES string of the molecule is CC(=O)N[C@H](CC(=O)NCc1c(C)cc(C)[nH]c1=O)c1ccccc1. The van der Waals surface area contributed by atoms with Crippen LogP contribution in [0.1, 0.15) is 41.8 Å². The lowest BCUT2D eigenvalue weighted by Crippen LogP contribution is -2.33. The van der Waals surface area contributed by atoms with Gasteiger partial charge in [-0.05, 0) is 31.0 Å². The Kier molecular flexibility index (Phi) is 6.11. The maximum atomic E-state index is 12.3. The van der Waals surface area contributed by atoms with E-state index in [1.807, 2.05) is 50.2 Å². The Labute approximate surface area is 146 Å². The number of pyridine rings is 1. The minimum absolute atomic E-state index is 0.104. The summed E-state index contributed by atoms with van der Waals surface area (Å²) in [5.74, 6) is -0.436.